The summed E-state index contributed by atoms with van der Waals surface area (Å²) in [4.78, 5) is 28.2. The average Bonchev–Trinajstić information content (AvgIpc) is 2.85. The predicted molar refractivity (Wildman–Crippen MR) is 142 cm³/mol. The molecule has 184 valence electrons. The van der Waals surface area contributed by atoms with E-state index < -0.39 is 11.9 Å². The SMILES string of the molecule is CCNC(=O)C(Cc1ccccc1)N(Cc1ccccc1Cl)C(=O)CSCc1c(F)cccc1Cl. The molecule has 3 aromatic carbocycles. The van der Waals surface area contributed by atoms with Crippen molar-refractivity contribution >= 4 is 46.8 Å². The van der Waals surface area contributed by atoms with Crippen molar-refractivity contribution in [2.45, 2.75) is 31.7 Å². The molecule has 0 bridgehead atoms. The molecule has 0 radical (unpaired) electrons. The molecular formula is C27H27Cl2FN2O2S. The van der Waals surface area contributed by atoms with Crippen molar-refractivity contribution in [3.05, 3.63) is 105 Å². The van der Waals surface area contributed by atoms with E-state index in [1.54, 1.807) is 23.1 Å². The normalized spacial score (nSPS) is 11.7. The summed E-state index contributed by atoms with van der Waals surface area (Å²) >= 11 is 13.8. The molecular weight excluding hydrogens is 506 g/mol. The lowest BCUT2D eigenvalue weighted by atomic mass is 10.0. The first-order chi connectivity index (χ1) is 16.9. The molecule has 0 aromatic heterocycles. The fraction of sp³-hybridized carbons (Fsp3) is 0.259. The topological polar surface area (TPSA) is 49.4 Å². The molecule has 0 aliphatic rings. The minimum atomic E-state index is -0.737. The molecule has 0 saturated carbocycles. The van der Waals surface area contributed by atoms with Gasteiger partial charge in [0.25, 0.3) is 0 Å². The van der Waals surface area contributed by atoms with Crippen LogP contribution in [0.5, 0.6) is 0 Å². The van der Waals surface area contributed by atoms with Crippen LogP contribution in [0.25, 0.3) is 0 Å². The van der Waals surface area contributed by atoms with Crippen LogP contribution in [0.3, 0.4) is 0 Å². The van der Waals surface area contributed by atoms with Gasteiger partial charge in [0.05, 0.1) is 5.75 Å². The highest BCUT2D eigenvalue weighted by Gasteiger charge is 2.30. The van der Waals surface area contributed by atoms with Crippen LogP contribution in [-0.4, -0.2) is 35.1 Å². The number of halogens is 3. The van der Waals surface area contributed by atoms with Gasteiger partial charge in [0, 0.05) is 40.9 Å². The molecule has 8 heteroatoms. The van der Waals surface area contributed by atoms with Crippen LogP contribution >= 0.6 is 35.0 Å². The van der Waals surface area contributed by atoms with Gasteiger partial charge < -0.3 is 10.2 Å². The van der Waals surface area contributed by atoms with E-state index in [1.165, 1.54) is 17.8 Å². The zero-order chi connectivity index (χ0) is 25.2. The molecule has 3 rings (SSSR count). The van der Waals surface area contributed by atoms with Gasteiger partial charge >= 0.3 is 0 Å². The highest BCUT2D eigenvalue weighted by Crippen LogP contribution is 2.25. The van der Waals surface area contributed by atoms with Crippen molar-refractivity contribution in [1.29, 1.82) is 0 Å². The van der Waals surface area contributed by atoms with Crippen molar-refractivity contribution in [3.8, 4) is 0 Å². The maximum absolute atomic E-state index is 14.2. The monoisotopic (exact) mass is 532 g/mol. The molecule has 0 spiro atoms. The third kappa shape index (κ3) is 7.72. The number of nitrogens with one attached hydrogen (secondary N) is 1. The fourth-order valence-corrected chi connectivity index (χ4v) is 5.09. The van der Waals surface area contributed by atoms with Gasteiger partial charge in [-0.15, -0.1) is 11.8 Å². The summed E-state index contributed by atoms with van der Waals surface area (Å²) in [7, 11) is 0. The maximum atomic E-state index is 14.2. The van der Waals surface area contributed by atoms with Gasteiger partial charge in [-0.1, -0.05) is 77.8 Å². The highest BCUT2D eigenvalue weighted by atomic mass is 35.5. The van der Waals surface area contributed by atoms with Gasteiger partial charge in [-0.05, 0) is 36.2 Å². The Balaban J connectivity index is 1.86. The summed E-state index contributed by atoms with van der Waals surface area (Å²) in [6, 6.07) is 20.6. The summed E-state index contributed by atoms with van der Waals surface area (Å²) in [5.74, 6) is -0.593. The lowest BCUT2D eigenvalue weighted by Crippen LogP contribution is -2.51. The van der Waals surface area contributed by atoms with Crippen LogP contribution in [0, 0.1) is 5.82 Å². The van der Waals surface area contributed by atoms with Gasteiger partial charge in [-0.25, -0.2) is 4.39 Å². The predicted octanol–water partition coefficient (Wildman–Crippen LogP) is 6.14. The summed E-state index contributed by atoms with van der Waals surface area (Å²) in [6.07, 6.45) is 0.354. The molecule has 35 heavy (non-hydrogen) atoms. The second kappa shape index (κ2) is 13.5. The van der Waals surface area contributed by atoms with Crippen LogP contribution in [0.15, 0.2) is 72.8 Å². The van der Waals surface area contributed by atoms with E-state index in [-0.39, 0.29) is 29.9 Å². The van der Waals surface area contributed by atoms with Crippen LogP contribution < -0.4 is 5.32 Å². The molecule has 2 amide bonds. The number of rotatable bonds is 11. The second-order valence-electron chi connectivity index (χ2n) is 7.91. The first kappa shape index (κ1) is 27.1. The maximum Gasteiger partial charge on any atom is 0.243 e. The second-order valence-corrected chi connectivity index (χ2v) is 9.71. The Morgan fingerprint density at radius 2 is 1.66 bits per heavy atom. The Labute approximate surface area is 219 Å². The van der Waals surface area contributed by atoms with Crippen molar-refractivity contribution in [2.75, 3.05) is 12.3 Å². The van der Waals surface area contributed by atoms with Crippen molar-refractivity contribution in [1.82, 2.24) is 10.2 Å². The van der Waals surface area contributed by atoms with E-state index in [2.05, 4.69) is 5.32 Å². The Morgan fingerprint density at radius 1 is 0.971 bits per heavy atom. The molecule has 3 aromatic rings. The molecule has 0 aliphatic heterocycles. The van der Waals surface area contributed by atoms with E-state index >= 15 is 0 Å². The van der Waals surface area contributed by atoms with Gasteiger partial charge in [-0.3, -0.25) is 9.59 Å². The van der Waals surface area contributed by atoms with Gasteiger partial charge in [0.2, 0.25) is 11.8 Å². The number of thioether (sulfide) groups is 1. The van der Waals surface area contributed by atoms with Crippen LogP contribution in [0.4, 0.5) is 4.39 Å². The van der Waals surface area contributed by atoms with Gasteiger partial charge in [0.15, 0.2) is 0 Å². The number of likely N-dealkylation sites (N-methyl/N-ethyl adjacent to an activating group) is 1. The van der Waals surface area contributed by atoms with E-state index in [9.17, 15) is 14.0 Å². The number of carbonyl (C=O) groups excluding carboxylic acids is 2. The molecule has 1 atom stereocenters. The van der Waals surface area contributed by atoms with E-state index in [0.717, 1.165) is 11.1 Å². The van der Waals surface area contributed by atoms with Crippen molar-refractivity contribution in [2.24, 2.45) is 0 Å². The number of benzene rings is 3. The largest absolute Gasteiger partial charge is 0.355 e. The number of nitrogens with zero attached hydrogens (tertiary/aromatic N) is 1. The van der Waals surface area contributed by atoms with E-state index in [4.69, 9.17) is 23.2 Å². The lowest BCUT2D eigenvalue weighted by molar-refractivity contribution is -0.139. The van der Waals surface area contributed by atoms with Gasteiger partial charge in [-0.2, -0.15) is 0 Å². The Morgan fingerprint density at radius 3 is 2.34 bits per heavy atom. The van der Waals surface area contributed by atoms with E-state index in [1.807, 2.05) is 55.5 Å². The Bertz CT molecular complexity index is 1130. The highest BCUT2D eigenvalue weighted by molar-refractivity contribution is 7.99. The zero-order valence-corrected chi connectivity index (χ0v) is 21.7. The van der Waals surface area contributed by atoms with Crippen molar-refractivity contribution in [3.63, 3.8) is 0 Å². The zero-order valence-electron chi connectivity index (χ0n) is 19.3. The Kier molecular flexibility index (Phi) is 10.5. The third-order valence-electron chi connectivity index (χ3n) is 5.45. The molecule has 0 heterocycles. The lowest BCUT2D eigenvalue weighted by Gasteiger charge is -2.31. The molecule has 0 fully saturated rings. The van der Waals surface area contributed by atoms with Gasteiger partial charge in [0.1, 0.15) is 11.9 Å². The van der Waals surface area contributed by atoms with Crippen molar-refractivity contribution < 1.29 is 14.0 Å². The summed E-state index contributed by atoms with van der Waals surface area (Å²) in [5.41, 5.74) is 2.03. The minimum absolute atomic E-state index is 0.0554. The summed E-state index contributed by atoms with van der Waals surface area (Å²) < 4.78 is 14.2. The summed E-state index contributed by atoms with van der Waals surface area (Å²) in [5, 5.41) is 3.70. The first-order valence-electron chi connectivity index (χ1n) is 11.3. The Hall–Kier alpha value is -2.54. The fourth-order valence-electron chi connectivity index (χ4n) is 3.65. The number of amides is 2. The third-order valence-corrected chi connectivity index (χ3v) is 7.12. The minimum Gasteiger partial charge on any atom is -0.355 e. The molecule has 0 aliphatic carbocycles. The van der Waals surface area contributed by atoms with Crippen LogP contribution in [0.2, 0.25) is 10.0 Å². The molecule has 4 nitrogen and oxygen atoms in total. The molecule has 1 N–H and O–H groups in total. The smallest absolute Gasteiger partial charge is 0.243 e. The quantitative estimate of drug-likeness (QED) is 0.322. The number of carbonyl (C=O) groups is 2. The van der Waals surface area contributed by atoms with E-state index in [0.29, 0.717) is 28.6 Å². The molecule has 1 unspecified atom stereocenters. The molecule has 0 saturated heterocycles. The van der Waals surface area contributed by atoms with Crippen LogP contribution in [-0.2, 0) is 28.3 Å². The van der Waals surface area contributed by atoms with Crippen LogP contribution in [0.1, 0.15) is 23.6 Å². The standard InChI is InChI=1S/C27H27Cl2FN2O2S/c1-2-31-27(34)25(15-19-9-4-3-5-10-19)32(16-20-11-6-7-12-22(20)28)26(33)18-35-17-21-23(29)13-8-14-24(21)30/h3-14,25H,2,15-18H2,1H3,(H,31,34). The average molecular weight is 533 g/mol. The number of hydrogen-bond donors (Lipinski definition) is 1. The summed E-state index contributed by atoms with van der Waals surface area (Å²) in [6.45, 7) is 2.46. The number of hydrogen-bond acceptors (Lipinski definition) is 3. The first-order valence-corrected chi connectivity index (χ1v) is 13.2.